The fourth-order valence-electron chi connectivity index (χ4n) is 3.19. The van der Waals surface area contributed by atoms with Gasteiger partial charge in [0.05, 0.1) is 25.9 Å². The molecule has 2 aliphatic rings. The van der Waals surface area contributed by atoms with Crippen LogP contribution in [-0.2, 0) is 20.8 Å². The third-order valence-electron chi connectivity index (χ3n) is 4.70. The molecule has 1 N–H and O–H groups in total. The van der Waals surface area contributed by atoms with E-state index in [-0.39, 0.29) is 18.1 Å². The van der Waals surface area contributed by atoms with Crippen molar-refractivity contribution < 1.29 is 19.0 Å². The second-order valence-electron chi connectivity index (χ2n) is 6.76. The lowest BCUT2D eigenvalue weighted by molar-refractivity contribution is -0.124. The van der Waals surface area contributed by atoms with E-state index in [9.17, 15) is 4.79 Å². The molecule has 0 radical (unpaired) electrons. The number of fused-ring (bicyclic) bond motifs is 1. The Morgan fingerprint density at radius 2 is 2.23 bits per heavy atom. The number of carbonyl (C=O) groups is 1. The predicted octanol–water partition coefficient (Wildman–Crippen LogP) is 2.23. The standard InChI is InChI=1S/C19H27ClN2O4/c1-2-16-12-22(11-14-3-4-15(20)9-18(14)26-16)6-5-19(23)21-10-17-13-24-7-8-25-17/h3-4,9,16-17H,2,5-8,10-13H2,1H3,(H,21,23)/t16-,17-/m0/s1. The smallest absolute Gasteiger partial charge is 0.221 e. The molecule has 6 nitrogen and oxygen atoms in total. The van der Waals surface area contributed by atoms with E-state index < -0.39 is 0 Å². The molecule has 0 bridgehead atoms. The van der Waals surface area contributed by atoms with Gasteiger partial charge in [-0.25, -0.2) is 0 Å². The Balaban J connectivity index is 1.50. The molecule has 2 atom stereocenters. The maximum Gasteiger partial charge on any atom is 0.221 e. The number of halogens is 1. The van der Waals surface area contributed by atoms with E-state index in [1.165, 1.54) is 0 Å². The molecular weight excluding hydrogens is 356 g/mol. The van der Waals surface area contributed by atoms with Crippen molar-refractivity contribution in [3.8, 4) is 5.75 Å². The minimum Gasteiger partial charge on any atom is -0.489 e. The van der Waals surface area contributed by atoms with Gasteiger partial charge in [0.1, 0.15) is 11.9 Å². The number of hydrogen-bond acceptors (Lipinski definition) is 5. The summed E-state index contributed by atoms with van der Waals surface area (Å²) in [6.45, 7) is 6.63. The van der Waals surface area contributed by atoms with Crippen molar-refractivity contribution in [2.45, 2.75) is 38.5 Å². The molecule has 0 aromatic heterocycles. The van der Waals surface area contributed by atoms with Crippen LogP contribution in [0.15, 0.2) is 18.2 Å². The highest BCUT2D eigenvalue weighted by molar-refractivity contribution is 6.30. The molecule has 1 saturated heterocycles. The Morgan fingerprint density at radius 3 is 3.00 bits per heavy atom. The fraction of sp³-hybridized carbons (Fsp3) is 0.632. The van der Waals surface area contributed by atoms with Gasteiger partial charge in [0, 0.05) is 43.2 Å². The molecule has 0 aliphatic carbocycles. The number of carbonyl (C=O) groups excluding carboxylic acids is 1. The van der Waals surface area contributed by atoms with Crippen LogP contribution >= 0.6 is 11.6 Å². The molecule has 2 aliphatic heterocycles. The van der Waals surface area contributed by atoms with Crippen LogP contribution in [0.2, 0.25) is 5.02 Å². The second-order valence-corrected chi connectivity index (χ2v) is 7.19. The molecule has 0 unspecified atom stereocenters. The first-order chi connectivity index (χ1) is 12.6. The highest BCUT2D eigenvalue weighted by atomic mass is 35.5. The first kappa shape index (κ1) is 19.4. The van der Waals surface area contributed by atoms with Crippen LogP contribution in [0, 0.1) is 0 Å². The van der Waals surface area contributed by atoms with E-state index in [0.717, 1.165) is 30.8 Å². The molecule has 7 heteroatoms. The molecule has 0 saturated carbocycles. The fourth-order valence-corrected chi connectivity index (χ4v) is 3.35. The molecule has 144 valence electrons. The summed E-state index contributed by atoms with van der Waals surface area (Å²) < 4.78 is 17.0. The van der Waals surface area contributed by atoms with Crippen LogP contribution < -0.4 is 10.1 Å². The number of nitrogens with zero attached hydrogens (tertiary/aromatic N) is 1. The topological polar surface area (TPSA) is 60.0 Å². The Morgan fingerprint density at radius 1 is 1.35 bits per heavy atom. The Bertz CT molecular complexity index is 607. The normalized spacial score (nSPS) is 23.6. The lowest BCUT2D eigenvalue weighted by atomic mass is 10.2. The van der Waals surface area contributed by atoms with E-state index in [1.807, 2.05) is 18.2 Å². The van der Waals surface area contributed by atoms with Crippen molar-refractivity contribution in [3.05, 3.63) is 28.8 Å². The number of nitrogens with one attached hydrogen (secondary N) is 1. The van der Waals surface area contributed by atoms with Gasteiger partial charge in [0.15, 0.2) is 0 Å². The molecule has 1 amide bonds. The molecule has 1 aromatic rings. The van der Waals surface area contributed by atoms with E-state index in [4.69, 9.17) is 25.8 Å². The second kappa shape index (κ2) is 9.55. The Labute approximate surface area is 159 Å². The van der Waals surface area contributed by atoms with Crippen LogP contribution in [-0.4, -0.2) is 62.5 Å². The van der Waals surface area contributed by atoms with Crippen molar-refractivity contribution >= 4 is 17.5 Å². The molecule has 1 aromatic carbocycles. The first-order valence-electron chi connectivity index (χ1n) is 9.27. The number of amides is 1. The summed E-state index contributed by atoms with van der Waals surface area (Å²) in [5.74, 6) is 0.888. The van der Waals surface area contributed by atoms with Crippen LogP contribution in [0.5, 0.6) is 5.75 Å². The van der Waals surface area contributed by atoms with Crippen LogP contribution in [0.3, 0.4) is 0 Å². The Kier molecular flexibility index (Phi) is 7.14. The van der Waals surface area contributed by atoms with E-state index in [2.05, 4.69) is 17.1 Å². The van der Waals surface area contributed by atoms with E-state index in [0.29, 0.717) is 44.4 Å². The van der Waals surface area contributed by atoms with Gasteiger partial charge in [-0.2, -0.15) is 0 Å². The van der Waals surface area contributed by atoms with Gasteiger partial charge in [-0.15, -0.1) is 0 Å². The summed E-state index contributed by atoms with van der Waals surface area (Å²) in [5.41, 5.74) is 1.11. The molecule has 1 fully saturated rings. The molecule has 2 heterocycles. The first-order valence-corrected chi connectivity index (χ1v) is 9.65. The lowest BCUT2D eigenvalue weighted by Gasteiger charge is -2.24. The highest BCUT2D eigenvalue weighted by Crippen LogP contribution is 2.29. The SMILES string of the molecule is CC[C@H]1CN(CCC(=O)NC[C@H]2COCCO2)Cc2ccc(Cl)cc2O1. The van der Waals surface area contributed by atoms with Crippen molar-refractivity contribution in [2.75, 3.05) is 39.5 Å². The average Bonchev–Trinajstić information content (AvgIpc) is 2.84. The molecule has 26 heavy (non-hydrogen) atoms. The van der Waals surface area contributed by atoms with Crippen molar-refractivity contribution in [1.82, 2.24) is 10.2 Å². The van der Waals surface area contributed by atoms with Gasteiger partial charge >= 0.3 is 0 Å². The van der Waals surface area contributed by atoms with Gasteiger partial charge < -0.3 is 19.5 Å². The minimum atomic E-state index is -0.0413. The number of hydrogen-bond donors (Lipinski definition) is 1. The Hall–Kier alpha value is -1.34. The van der Waals surface area contributed by atoms with Gasteiger partial charge in [-0.3, -0.25) is 9.69 Å². The molecule has 3 rings (SSSR count). The molecular formula is C19H27ClN2O4. The van der Waals surface area contributed by atoms with Crippen molar-refractivity contribution in [2.24, 2.45) is 0 Å². The highest BCUT2D eigenvalue weighted by Gasteiger charge is 2.23. The maximum atomic E-state index is 12.2. The summed E-state index contributed by atoms with van der Waals surface area (Å²) in [6, 6.07) is 5.76. The summed E-state index contributed by atoms with van der Waals surface area (Å²) >= 11 is 6.09. The lowest BCUT2D eigenvalue weighted by Crippen LogP contribution is -2.41. The van der Waals surface area contributed by atoms with E-state index >= 15 is 0 Å². The summed E-state index contributed by atoms with van der Waals surface area (Å²) in [5, 5.41) is 3.62. The van der Waals surface area contributed by atoms with Gasteiger partial charge in [0.25, 0.3) is 0 Å². The zero-order chi connectivity index (χ0) is 18.4. The number of ether oxygens (including phenoxy) is 3. The maximum absolute atomic E-state index is 12.2. The summed E-state index contributed by atoms with van der Waals surface area (Å²) in [6.07, 6.45) is 1.42. The minimum absolute atomic E-state index is 0.0358. The van der Waals surface area contributed by atoms with Crippen LogP contribution in [0.4, 0.5) is 0 Å². The zero-order valence-electron chi connectivity index (χ0n) is 15.2. The quantitative estimate of drug-likeness (QED) is 0.817. The molecule has 0 spiro atoms. The van der Waals surface area contributed by atoms with Crippen molar-refractivity contribution in [1.29, 1.82) is 0 Å². The third kappa shape index (κ3) is 5.58. The largest absolute Gasteiger partial charge is 0.489 e. The van der Waals surface area contributed by atoms with Gasteiger partial charge in [-0.1, -0.05) is 24.6 Å². The summed E-state index contributed by atoms with van der Waals surface area (Å²) in [4.78, 5) is 14.4. The average molecular weight is 383 g/mol. The van der Waals surface area contributed by atoms with Crippen molar-refractivity contribution in [3.63, 3.8) is 0 Å². The zero-order valence-corrected chi connectivity index (χ0v) is 16.0. The summed E-state index contributed by atoms with van der Waals surface area (Å²) in [7, 11) is 0. The third-order valence-corrected chi connectivity index (χ3v) is 4.94. The predicted molar refractivity (Wildman–Crippen MR) is 99.6 cm³/mol. The van der Waals surface area contributed by atoms with Crippen LogP contribution in [0.25, 0.3) is 0 Å². The number of rotatable bonds is 6. The van der Waals surface area contributed by atoms with Crippen LogP contribution in [0.1, 0.15) is 25.3 Å². The monoisotopic (exact) mass is 382 g/mol. The van der Waals surface area contributed by atoms with E-state index in [1.54, 1.807) is 0 Å². The number of benzene rings is 1. The van der Waals surface area contributed by atoms with Gasteiger partial charge in [-0.05, 0) is 18.6 Å². The van der Waals surface area contributed by atoms with Gasteiger partial charge in [0.2, 0.25) is 5.91 Å².